The Labute approximate surface area is 152 Å². The van der Waals surface area contributed by atoms with Crippen molar-refractivity contribution < 1.29 is 17.6 Å². The van der Waals surface area contributed by atoms with Crippen molar-refractivity contribution in [2.45, 2.75) is 24.7 Å². The molecule has 2 aromatic rings. The lowest BCUT2D eigenvalue weighted by Crippen LogP contribution is -2.43. The largest absolute Gasteiger partial charge is 0.326 e. The Morgan fingerprint density at radius 1 is 1.12 bits per heavy atom. The van der Waals surface area contributed by atoms with Crippen LogP contribution in [0.4, 0.5) is 10.1 Å². The van der Waals surface area contributed by atoms with Crippen molar-refractivity contribution in [3.8, 4) is 0 Å². The first-order chi connectivity index (χ1) is 12.4. The predicted molar refractivity (Wildman–Crippen MR) is 97.7 cm³/mol. The van der Waals surface area contributed by atoms with Crippen molar-refractivity contribution in [2.24, 2.45) is 5.92 Å². The Bertz CT molecular complexity index is 880. The van der Waals surface area contributed by atoms with Crippen LogP contribution in [-0.4, -0.2) is 31.7 Å². The summed E-state index contributed by atoms with van der Waals surface area (Å²) in [6.45, 7) is 2.44. The van der Waals surface area contributed by atoms with Gasteiger partial charge in [0.1, 0.15) is 5.82 Å². The molecule has 1 unspecified atom stereocenters. The maximum atomic E-state index is 13.0. The van der Waals surface area contributed by atoms with Crippen LogP contribution in [0.3, 0.4) is 0 Å². The van der Waals surface area contributed by atoms with E-state index in [0.717, 1.165) is 5.56 Å². The first kappa shape index (κ1) is 18.5. The van der Waals surface area contributed by atoms with Gasteiger partial charge in [-0.3, -0.25) is 4.79 Å². The third-order valence-corrected chi connectivity index (χ3v) is 6.40. The summed E-state index contributed by atoms with van der Waals surface area (Å²) in [6.07, 6.45) is 1.24. The highest BCUT2D eigenvalue weighted by Crippen LogP contribution is 2.25. The highest BCUT2D eigenvalue weighted by Gasteiger charge is 2.33. The van der Waals surface area contributed by atoms with Gasteiger partial charge < -0.3 is 5.32 Å². The first-order valence-corrected chi connectivity index (χ1v) is 9.93. The lowest BCUT2D eigenvalue weighted by Gasteiger charge is -2.31. The number of anilines is 1. The second-order valence-electron chi connectivity index (χ2n) is 6.51. The van der Waals surface area contributed by atoms with E-state index in [1.54, 1.807) is 24.3 Å². The van der Waals surface area contributed by atoms with Gasteiger partial charge in [0.25, 0.3) is 0 Å². The predicted octanol–water partition coefficient (Wildman–Crippen LogP) is 3.17. The van der Waals surface area contributed by atoms with Crippen LogP contribution in [0.5, 0.6) is 0 Å². The number of aryl methyl sites for hydroxylation is 1. The van der Waals surface area contributed by atoms with E-state index in [0.29, 0.717) is 25.1 Å². The molecule has 1 N–H and O–H groups in total. The molecule has 7 heteroatoms. The van der Waals surface area contributed by atoms with Gasteiger partial charge in [-0.1, -0.05) is 17.7 Å². The topological polar surface area (TPSA) is 66.5 Å². The lowest BCUT2D eigenvalue weighted by molar-refractivity contribution is -0.120. The molecule has 2 aromatic carbocycles. The van der Waals surface area contributed by atoms with Crippen LogP contribution in [0.25, 0.3) is 0 Å². The average molecular weight is 376 g/mol. The number of carbonyl (C=O) groups excluding carboxylic acids is 1. The van der Waals surface area contributed by atoms with E-state index in [9.17, 15) is 17.6 Å². The monoisotopic (exact) mass is 376 g/mol. The molecule has 1 aliphatic heterocycles. The Morgan fingerprint density at radius 3 is 2.42 bits per heavy atom. The highest BCUT2D eigenvalue weighted by atomic mass is 32.2. The molecule has 1 heterocycles. The fraction of sp³-hybridized carbons (Fsp3) is 0.316. The molecular weight excluding hydrogens is 355 g/mol. The van der Waals surface area contributed by atoms with Gasteiger partial charge in [-0.2, -0.15) is 4.31 Å². The van der Waals surface area contributed by atoms with Crippen molar-refractivity contribution in [3.63, 3.8) is 0 Å². The minimum atomic E-state index is -3.62. The second-order valence-corrected chi connectivity index (χ2v) is 8.45. The van der Waals surface area contributed by atoms with Crippen LogP contribution in [0, 0.1) is 18.7 Å². The number of sulfonamides is 1. The molecule has 1 atom stereocenters. The average Bonchev–Trinajstić information content (AvgIpc) is 2.64. The van der Waals surface area contributed by atoms with Crippen LogP contribution >= 0.6 is 0 Å². The minimum absolute atomic E-state index is 0.142. The maximum Gasteiger partial charge on any atom is 0.243 e. The van der Waals surface area contributed by atoms with Crippen molar-refractivity contribution in [1.29, 1.82) is 0 Å². The number of amides is 1. The van der Waals surface area contributed by atoms with Crippen LogP contribution in [0.2, 0.25) is 0 Å². The number of halogens is 1. The molecule has 1 amide bonds. The number of hydrogen-bond acceptors (Lipinski definition) is 3. The number of hydrogen-bond donors (Lipinski definition) is 1. The lowest BCUT2D eigenvalue weighted by atomic mass is 9.99. The molecule has 3 rings (SSSR count). The van der Waals surface area contributed by atoms with Gasteiger partial charge in [0.2, 0.25) is 15.9 Å². The molecule has 1 fully saturated rings. The molecule has 5 nitrogen and oxygen atoms in total. The van der Waals surface area contributed by atoms with Crippen LogP contribution in [0.1, 0.15) is 18.4 Å². The van der Waals surface area contributed by atoms with E-state index < -0.39 is 15.9 Å². The summed E-state index contributed by atoms with van der Waals surface area (Å²) in [6, 6.07) is 12.2. The molecular formula is C19H21FN2O3S. The van der Waals surface area contributed by atoms with Crippen molar-refractivity contribution >= 4 is 21.6 Å². The Kier molecular flexibility index (Phi) is 5.38. The Morgan fingerprint density at radius 2 is 1.77 bits per heavy atom. The first-order valence-electron chi connectivity index (χ1n) is 8.49. The van der Waals surface area contributed by atoms with Crippen molar-refractivity contribution in [2.75, 3.05) is 18.4 Å². The summed E-state index contributed by atoms with van der Waals surface area (Å²) in [5.41, 5.74) is 1.48. The van der Waals surface area contributed by atoms with Gasteiger partial charge in [-0.15, -0.1) is 0 Å². The van der Waals surface area contributed by atoms with Gasteiger partial charge in [-0.05, 0) is 56.2 Å². The SMILES string of the molecule is Cc1ccc(S(=O)(=O)N2CCCC(C(=O)Nc3ccc(F)cc3)C2)cc1. The number of benzene rings is 2. The molecule has 0 aliphatic carbocycles. The molecule has 0 spiro atoms. The van der Waals surface area contributed by atoms with Crippen molar-refractivity contribution in [3.05, 3.63) is 59.9 Å². The van der Waals surface area contributed by atoms with E-state index in [2.05, 4.69) is 5.32 Å². The Hall–Kier alpha value is -2.25. The number of rotatable bonds is 4. The molecule has 138 valence electrons. The summed E-state index contributed by atoms with van der Waals surface area (Å²) in [7, 11) is -3.62. The molecule has 1 aliphatic rings. The zero-order valence-corrected chi connectivity index (χ0v) is 15.3. The van der Waals surface area contributed by atoms with E-state index in [1.807, 2.05) is 6.92 Å². The van der Waals surface area contributed by atoms with Crippen LogP contribution in [-0.2, 0) is 14.8 Å². The molecule has 0 saturated carbocycles. The summed E-state index contributed by atoms with van der Waals surface area (Å²) in [4.78, 5) is 12.7. The summed E-state index contributed by atoms with van der Waals surface area (Å²) >= 11 is 0. The Balaban J connectivity index is 1.71. The molecule has 26 heavy (non-hydrogen) atoms. The zero-order valence-electron chi connectivity index (χ0n) is 14.5. The zero-order chi connectivity index (χ0) is 18.7. The van der Waals surface area contributed by atoms with Gasteiger partial charge in [-0.25, -0.2) is 12.8 Å². The fourth-order valence-corrected chi connectivity index (χ4v) is 4.54. The third kappa shape index (κ3) is 4.11. The summed E-state index contributed by atoms with van der Waals surface area (Å²) in [5, 5.41) is 2.73. The number of nitrogens with zero attached hydrogens (tertiary/aromatic N) is 1. The molecule has 0 bridgehead atoms. The van der Waals surface area contributed by atoms with Gasteiger partial charge in [0, 0.05) is 18.8 Å². The third-order valence-electron chi connectivity index (χ3n) is 4.53. The second kappa shape index (κ2) is 7.55. The van der Waals surface area contributed by atoms with Gasteiger partial charge >= 0.3 is 0 Å². The summed E-state index contributed by atoms with van der Waals surface area (Å²) < 4.78 is 40.0. The quantitative estimate of drug-likeness (QED) is 0.891. The van der Waals surface area contributed by atoms with Gasteiger partial charge in [0.15, 0.2) is 0 Å². The summed E-state index contributed by atoms with van der Waals surface area (Å²) in [5.74, 6) is -1.06. The smallest absolute Gasteiger partial charge is 0.243 e. The van der Waals surface area contributed by atoms with E-state index in [1.165, 1.54) is 28.6 Å². The number of carbonyl (C=O) groups is 1. The molecule has 0 aromatic heterocycles. The highest BCUT2D eigenvalue weighted by molar-refractivity contribution is 7.89. The van der Waals surface area contributed by atoms with Crippen molar-refractivity contribution in [1.82, 2.24) is 4.31 Å². The van der Waals surface area contributed by atoms with Crippen LogP contribution < -0.4 is 5.32 Å². The standard InChI is InChI=1S/C19H21FN2O3S/c1-14-4-10-18(11-5-14)26(24,25)22-12-2-3-15(13-22)19(23)21-17-8-6-16(20)7-9-17/h4-11,15H,2-3,12-13H2,1H3,(H,21,23). The fourth-order valence-electron chi connectivity index (χ4n) is 3.01. The van der Waals surface area contributed by atoms with Gasteiger partial charge in [0.05, 0.1) is 10.8 Å². The van der Waals surface area contributed by atoms with E-state index >= 15 is 0 Å². The van der Waals surface area contributed by atoms with E-state index in [-0.39, 0.29) is 23.2 Å². The maximum absolute atomic E-state index is 13.0. The van der Waals surface area contributed by atoms with E-state index in [4.69, 9.17) is 0 Å². The normalized spacial score (nSPS) is 18.5. The minimum Gasteiger partial charge on any atom is -0.326 e. The number of piperidine rings is 1. The number of nitrogens with one attached hydrogen (secondary N) is 1. The van der Waals surface area contributed by atoms with Crippen LogP contribution in [0.15, 0.2) is 53.4 Å². The molecule has 1 saturated heterocycles. The molecule has 0 radical (unpaired) electrons.